The number of methoxy groups -OCH3 is 2. The summed E-state index contributed by atoms with van der Waals surface area (Å²) in [4.78, 5) is 43.3. The lowest BCUT2D eigenvalue weighted by molar-refractivity contribution is -0.149. The molecule has 1 aliphatic heterocycles. The fraction of sp³-hybridized carbons (Fsp3) is 0.710. The Kier molecular flexibility index (Phi) is 14.7. The van der Waals surface area contributed by atoms with Crippen LogP contribution in [0.15, 0.2) is 30.3 Å². The van der Waals surface area contributed by atoms with Crippen molar-refractivity contribution in [3.05, 3.63) is 35.9 Å². The third-order valence-corrected chi connectivity index (χ3v) is 8.54. The Labute approximate surface area is 246 Å². The van der Waals surface area contributed by atoms with E-state index in [1.807, 2.05) is 35.2 Å². The average Bonchev–Trinajstić information content (AvgIpc) is 2.99. The topological polar surface area (TPSA) is 120 Å². The van der Waals surface area contributed by atoms with Gasteiger partial charge in [0.05, 0.1) is 49.3 Å². The number of ether oxygens (including phenoxy) is 2. The largest absolute Gasteiger partial charge is 0.387 e. The van der Waals surface area contributed by atoms with Crippen LogP contribution in [-0.4, -0.2) is 105 Å². The van der Waals surface area contributed by atoms with Gasteiger partial charge in [0.1, 0.15) is 0 Å². The number of nitrogens with zero attached hydrogens (tertiary/aromatic N) is 2. The van der Waals surface area contributed by atoms with Crippen molar-refractivity contribution in [2.24, 2.45) is 11.8 Å². The van der Waals surface area contributed by atoms with Crippen LogP contribution < -0.4 is 10.6 Å². The summed E-state index contributed by atoms with van der Waals surface area (Å²) < 4.78 is 11.7. The van der Waals surface area contributed by atoms with Gasteiger partial charge in [0.25, 0.3) is 0 Å². The molecule has 1 aromatic rings. The van der Waals surface area contributed by atoms with Crippen molar-refractivity contribution < 1.29 is 29.0 Å². The maximum absolute atomic E-state index is 13.8. The highest BCUT2D eigenvalue weighted by atomic mass is 16.5. The van der Waals surface area contributed by atoms with Crippen molar-refractivity contribution >= 4 is 17.7 Å². The van der Waals surface area contributed by atoms with Gasteiger partial charge in [0, 0.05) is 34.4 Å². The minimum atomic E-state index is -0.816. The number of carbonyl (C=O) groups is 3. The van der Waals surface area contributed by atoms with E-state index in [0.29, 0.717) is 6.54 Å². The van der Waals surface area contributed by atoms with Crippen LogP contribution in [-0.2, 0) is 23.9 Å². The Morgan fingerprint density at radius 1 is 1.12 bits per heavy atom. The first-order valence-corrected chi connectivity index (χ1v) is 14.9. The summed E-state index contributed by atoms with van der Waals surface area (Å²) in [5.41, 5.74) is 0.731. The molecule has 41 heavy (non-hydrogen) atoms. The van der Waals surface area contributed by atoms with E-state index in [4.69, 9.17) is 9.47 Å². The molecule has 10 heteroatoms. The highest BCUT2D eigenvalue weighted by molar-refractivity contribution is 5.81. The highest BCUT2D eigenvalue weighted by Gasteiger charge is 2.40. The van der Waals surface area contributed by atoms with Crippen molar-refractivity contribution in [1.29, 1.82) is 0 Å². The van der Waals surface area contributed by atoms with Gasteiger partial charge in [-0.3, -0.25) is 14.4 Å². The standard InChI is InChI=1S/C31H52N4O6/c1-8-21(2)29(34(5)28(38)20-32-4)26(40-6)18-27(37)35-17-13-12-16-24(35)30(41-7)22(3)31(39)33-19-25(36)23-14-10-9-11-15-23/h9-11,14-15,21-22,24-26,29-30,32,36H,8,12-13,16-20H2,1-7H3,(H,33,39). The van der Waals surface area contributed by atoms with Gasteiger partial charge >= 0.3 is 0 Å². The van der Waals surface area contributed by atoms with Crippen molar-refractivity contribution in [3.8, 4) is 0 Å². The number of hydrogen-bond donors (Lipinski definition) is 3. The Bertz CT molecular complexity index is 948. The summed E-state index contributed by atoms with van der Waals surface area (Å²) in [5, 5.41) is 16.2. The third kappa shape index (κ3) is 9.49. The van der Waals surface area contributed by atoms with Crippen molar-refractivity contribution in [2.75, 3.05) is 47.9 Å². The van der Waals surface area contributed by atoms with E-state index in [0.717, 1.165) is 31.2 Å². The molecule has 1 aliphatic rings. The average molecular weight is 577 g/mol. The number of aliphatic hydroxyl groups excluding tert-OH is 1. The molecule has 1 aromatic carbocycles. The second-order valence-corrected chi connectivity index (χ2v) is 11.2. The normalized spacial score (nSPS) is 19.9. The third-order valence-electron chi connectivity index (χ3n) is 8.54. The molecule has 2 rings (SSSR count). The monoisotopic (exact) mass is 576 g/mol. The number of hydrogen-bond acceptors (Lipinski definition) is 7. The Balaban J connectivity index is 2.15. The number of amides is 3. The van der Waals surface area contributed by atoms with Gasteiger partial charge in [-0.1, -0.05) is 57.5 Å². The fourth-order valence-corrected chi connectivity index (χ4v) is 5.92. The van der Waals surface area contributed by atoms with Gasteiger partial charge in [-0.25, -0.2) is 0 Å². The van der Waals surface area contributed by atoms with Crippen LogP contribution in [0.25, 0.3) is 0 Å². The predicted octanol–water partition coefficient (Wildman–Crippen LogP) is 2.37. The molecule has 7 unspecified atom stereocenters. The molecule has 1 heterocycles. The molecule has 0 aromatic heterocycles. The first kappa shape index (κ1) is 34.7. The molecule has 3 amide bonds. The molecule has 232 valence electrons. The van der Waals surface area contributed by atoms with Crippen LogP contribution in [0.3, 0.4) is 0 Å². The SMILES string of the molecule is CCC(C)C(C(CC(=O)N1CCCCC1C(OC)C(C)C(=O)NCC(O)c1ccccc1)OC)N(C)C(=O)CNC. The first-order chi connectivity index (χ1) is 19.6. The number of rotatable bonds is 16. The van der Waals surface area contributed by atoms with Crippen LogP contribution in [0.2, 0.25) is 0 Å². The maximum Gasteiger partial charge on any atom is 0.236 e. The molecule has 0 radical (unpaired) electrons. The highest BCUT2D eigenvalue weighted by Crippen LogP contribution is 2.28. The molecule has 0 spiro atoms. The molecule has 1 fully saturated rings. The van der Waals surface area contributed by atoms with Crippen LogP contribution in [0.1, 0.15) is 64.5 Å². The van der Waals surface area contributed by atoms with E-state index in [1.54, 1.807) is 40.1 Å². The molecule has 3 N–H and O–H groups in total. The first-order valence-electron chi connectivity index (χ1n) is 14.9. The second-order valence-electron chi connectivity index (χ2n) is 11.2. The minimum absolute atomic E-state index is 0.0557. The molecule has 7 atom stereocenters. The van der Waals surface area contributed by atoms with E-state index < -0.39 is 24.2 Å². The van der Waals surface area contributed by atoms with Gasteiger partial charge in [0.15, 0.2) is 0 Å². The minimum Gasteiger partial charge on any atom is -0.387 e. The van der Waals surface area contributed by atoms with Gasteiger partial charge in [0.2, 0.25) is 17.7 Å². The predicted molar refractivity (Wildman–Crippen MR) is 159 cm³/mol. The van der Waals surface area contributed by atoms with E-state index in [9.17, 15) is 19.5 Å². The number of aliphatic hydroxyl groups is 1. The number of likely N-dealkylation sites (tertiary alicyclic amines) is 1. The Morgan fingerprint density at radius 3 is 2.39 bits per heavy atom. The van der Waals surface area contributed by atoms with Crippen molar-refractivity contribution in [1.82, 2.24) is 20.4 Å². The quantitative estimate of drug-likeness (QED) is 0.276. The number of carbonyl (C=O) groups excluding carboxylic acids is 3. The summed E-state index contributed by atoms with van der Waals surface area (Å²) in [6.45, 7) is 6.81. The summed E-state index contributed by atoms with van der Waals surface area (Å²) in [7, 11) is 6.67. The number of benzene rings is 1. The Hall–Kier alpha value is -2.53. The molecule has 0 aliphatic carbocycles. The lowest BCUT2D eigenvalue weighted by atomic mass is 9.87. The van der Waals surface area contributed by atoms with Gasteiger partial charge in [-0.05, 0) is 37.8 Å². The fourth-order valence-electron chi connectivity index (χ4n) is 5.92. The molecular weight excluding hydrogens is 524 g/mol. The van der Waals surface area contributed by atoms with Crippen LogP contribution in [0.5, 0.6) is 0 Å². The maximum atomic E-state index is 13.8. The molecule has 0 saturated carbocycles. The van der Waals surface area contributed by atoms with Gasteiger partial charge < -0.3 is 35.0 Å². The van der Waals surface area contributed by atoms with Crippen molar-refractivity contribution in [2.45, 2.75) is 83.3 Å². The smallest absolute Gasteiger partial charge is 0.236 e. The van der Waals surface area contributed by atoms with Gasteiger partial charge in [-0.2, -0.15) is 0 Å². The van der Waals surface area contributed by atoms with Crippen LogP contribution >= 0.6 is 0 Å². The van der Waals surface area contributed by atoms with E-state index in [1.165, 1.54) is 0 Å². The van der Waals surface area contributed by atoms with E-state index >= 15 is 0 Å². The zero-order chi connectivity index (χ0) is 30.5. The lowest BCUT2D eigenvalue weighted by Gasteiger charge is -2.43. The van der Waals surface area contributed by atoms with E-state index in [2.05, 4.69) is 24.5 Å². The Morgan fingerprint density at radius 2 is 1.80 bits per heavy atom. The summed E-state index contributed by atoms with van der Waals surface area (Å²) >= 11 is 0. The van der Waals surface area contributed by atoms with Crippen LogP contribution in [0, 0.1) is 11.8 Å². The zero-order valence-electron chi connectivity index (χ0n) is 26.0. The number of piperidine rings is 1. The zero-order valence-corrected chi connectivity index (χ0v) is 26.0. The van der Waals surface area contributed by atoms with Crippen molar-refractivity contribution in [3.63, 3.8) is 0 Å². The lowest BCUT2D eigenvalue weighted by Crippen LogP contribution is -2.56. The second kappa shape index (κ2) is 17.4. The molecule has 1 saturated heterocycles. The number of likely N-dealkylation sites (N-methyl/N-ethyl adjacent to an activating group) is 2. The molecular formula is C31H52N4O6. The number of nitrogens with one attached hydrogen (secondary N) is 2. The molecule has 10 nitrogen and oxygen atoms in total. The summed E-state index contributed by atoms with van der Waals surface area (Å²) in [6.07, 6.45) is 1.67. The van der Waals surface area contributed by atoms with Gasteiger partial charge in [-0.15, -0.1) is 0 Å². The van der Waals surface area contributed by atoms with E-state index in [-0.39, 0.29) is 55.2 Å². The molecule has 0 bridgehead atoms. The van der Waals surface area contributed by atoms with Crippen LogP contribution in [0.4, 0.5) is 0 Å². The summed E-state index contributed by atoms with van der Waals surface area (Å²) in [6, 6.07) is 8.65. The summed E-state index contributed by atoms with van der Waals surface area (Å²) in [5.74, 6) is -0.783.